The Balaban J connectivity index is 1.53. The molecule has 1 unspecified atom stereocenters. The van der Waals surface area contributed by atoms with E-state index in [0.717, 1.165) is 35.5 Å². The van der Waals surface area contributed by atoms with E-state index in [1.807, 2.05) is 24.3 Å². The summed E-state index contributed by atoms with van der Waals surface area (Å²) in [7, 11) is 0. The highest BCUT2D eigenvalue weighted by atomic mass is 16.5. The second-order valence-electron chi connectivity index (χ2n) is 7.21. The predicted molar refractivity (Wildman–Crippen MR) is 100 cm³/mol. The average molecular weight is 351 g/mol. The van der Waals surface area contributed by atoms with Gasteiger partial charge in [-0.15, -0.1) is 0 Å². The third-order valence-electron chi connectivity index (χ3n) is 5.25. The van der Waals surface area contributed by atoms with Crippen LogP contribution in [0.4, 0.5) is 0 Å². The smallest absolute Gasteiger partial charge is 0.220 e. The van der Waals surface area contributed by atoms with E-state index >= 15 is 0 Å². The van der Waals surface area contributed by atoms with Crippen LogP contribution in [0.3, 0.4) is 0 Å². The Labute approximate surface area is 154 Å². The van der Waals surface area contributed by atoms with E-state index in [0.29, 0.717) is 19.6 Å². The monoisotopic (exact) mass is 351 g/mol. The molecule has 2 aliphatic rings. The molecule has 1 aliphatic heterocycles. The molecule has 0 aromatic heterocycles. The Kier molecular flexibility index (Phi) is 5.09. The molecule has 2 aromatic rings. The molecule has 26 heavy (non-hydrogen) atoms. The maximum atomic E-state index is 11.5. The lowest BCUT2D eigenvalue weighted by Gasteiger charge is -2.19. The largest absolute Gasteiger partial charge is 0.487 e. The van der Waals surface area contributed by atoms with Crippen molar-refractivity contribution in [3.8, 4) is 11.5 Å². The molecule has 0 spiro atoms. The molecule has 0 bridgehead atoms. The second kappa shape index (κ2) is 7.81. The van der Waals surface area contributed by atoms with Crippen molar-refractivity contribution in [1.82, 2.24) is 5.32 Å². The van der Waals surface area contributed by atoms with Gasteiger partial charge in [0.2, 0.25) is 5.91 Å². The number of amides is 1. The summed E-state index contributed by atoms with van der Waals surface area (Å²) in [6.07, 6.45) is 5.48. The van der Waals surface area contributed by atoms with Gasteiger partial charge in [-0.05, 0) is 48.9 Å². The van der Waals surface area contributed by atoms with Crippen LogP contribution in [0.5, 0.6) is 11.5 Å². The van der Waals surface area contributed by atoms with Crippen LogP contribution >= 0.6 is 0 Å². The average Bonchev–Trinajstić information content (AvgIpc) is 3.33. The van der Waals surface area contributed by atoms with Crippen molar-refractivity contribution in [3.05, 3.63) is 59.7 Å². The summed E-state index contributed by atoms with van der Waals surface area (Å²) in [6.45, 7) is 1.22. The zero-order chi connectivity index (χ0) is 17.8. The fourth-order valence-electron chi connectivity index (χ4n) is 3.75. The van der Waals surface area contributed by atoms with E-state index in [2.05, 4.69) is 29.6 Å². The molecule has 1 amide bonds. The van der Waals surface area contributed by atoms with Crippen molar-refractivity contribution in [2.75, 3.05) is 6.54 Å². The molecule has 4 rings (SSSR count). The molecule has 0 radical (unpaired) electrons. The Bertz CT molecular complexity index is 753. The fourth-order valence-corrected chi connectivity index (χ4v) is 3.75. The van der Waals surface area contributed by atoms with Crippen molar-refractivity contribution in [1.29, 1.82) is 0 Å². The number of carbonyl (C=O) groups excluding carboxylic acids is 1. The summed E-state index contributed by atoms with van der Waals surface area (Å²) in [5.74, 6) is 1.93. The van der Waals surface area contributed by atoms with Crippen LogP contribution in [-0.2, 0) is 11.4 Å². The van der Waals surface area contributed by atoms with Crippen molar-refractivity contribution >= 4 is 5.91 Å². The zero-order valence-corrected chi connectivity index (χ0v) is 14.9. The summed E-state index contributed by atoms with van der Waals surface area (Å²) in [4.78, 5) is 11.5. The van der Waals surface area contributed by atoms with Crippen LogP contribution < -0.4 is 14.8 Å². The predicted octanol–water partition coefficient (Wildman–Crippen LogP) is 4.19. The molecule has 1 heterocycles. The summed E-state index contributed by atoms with van der Waals surface area (Å²) >= 11 is 0. The number of hydrogen-bond acceptors (Lipinski definition) is 3. The van der Waals surface area contributed by atoms with Gasteiger partial charge in [0.15, 0.2) is 11.5 Å². The Morgan fingerprint density at radius 2 is 1.81 bits per heavy atom. The number of nitrogens with one attached hydrogen (secondary N) is 1. The molecule has 1 saturated heterocycles. The third kappa shape index (κ3) is 4.01. The molecule has 1 aliphatic carbocycles. The van der Waals surface area contributed by atoms with Gasteiger partial charge in [-0.25, -0.2) is 0 Å². The molecule has 4 heteroatoms. The number of carbonyl (C=O) groups is 1. The first kappa shape index (κ1) is 17.0. The van der Waals surface area contributed by atoms with Gasteiger partial charge in [0.1, 0.15) is 6.61 Å². The van der Waals surface area contributed by atoms with Crippen molar-refractivity contribution in [2.45, 2.75) is 50.7 Å². The first-order valence-corrected chi connectivity index (χ1v) is 9.52. The maximum Gasteiger partial charge on any atom is 0.220 e. The summed E-state index contributed by atoms with van der Waals surface area (Å²) in [5.41, 5.74) is 2.28. The number of rotatable bonds is 6. The molecule has 2 aromatic carbocycles. The van der Waals surface area contributed by atoms with E-state index in [4.69, 9.17) is 9.47 Å². The van der Waals surface area contributed by atoms with E-state index in [-0.39, 0.29) is 17.9 Å². The third-order valence-corrected chi connectivity index (χ3v) is 5.25. The standard InChI is InChI=1S/C22H25NO3/c24-22-13-18(14-23-22)17-10-11-20(25-15-16-6-2-1-3-7-16)21(12-17)26-19-8-4-5-9-19/h1-3,6-7,10-12,18-19H,4-5,8-9,13-15H2,(H,23,24). The van der Waals surface area contributed by atoms with Gasteiger partial charge in [-0.1, -0.05) is 36.4 Å². The maximum absolute atomic E-state index is 11.5. The summed E-state index contributed by atoms with van der Waals surface area (Å²) in [5, 5.41) is 2.91. The highest BCUT2D eigenvalue weighted by molar-refractivity contribution is 5.79. The van der Waals surface area contributed by atoms with Crippen LogP contribution in [0.1, 0.15) is 49.1 Å². The lowest BCUT2D eigenvalue weighted by molar-refractivity contribution is -0.119. The van der Waals surface area contributed by atoms with Gasteiger partial charge in [0.05, 0.1) is 6.10 Å². The molecular weight excluding hydrogens is 326 g/mol. The fraction of sp³-hybridized carbons (Fsp3) is 0.409. The lowest BCUT2D eigenvalue weighted by Crippen LogP contribution is -2.14. The second-order valence-corrected chi connectivity index (χ2v) is 7.21. The quantitative estimate of drug-likeness (QED) is 0.849. The molecular formula is C22H25NO3. The van der Waals surface area contributed by atoms with Gasteiger partial charge in [0.25, 0.3) is 0 Å². The Morgan fingerprint density at radius 1 is 1.00 bits per heavy atom. The van der Waals surface area contributed by atoms with E-state index in [9.17, 15) is 4.79 Å². The van der Waals surface area contributed by atoms with Gasteiger partial charge in [-0.2, -0.15) is 0 Å². The van der Waals surface area contributed by atoms with Crippen LogP contribution in [0.15, 0.2) is 48.5 Å². The summed E-state index contributed by atoms with van der Waals surface area (Å²) < 4.78 is 12.4. The first-order valence-electron chi connectivity index (χ1n) is 9.52. The molecule has 136 valence electrons. The van der Waals surface area contributed by atoms with Crippen LogP contribution in [-0.4, -0.2) is 18.6 Å². The zero-order valence-electron chi connectivity index (χ0n) is 14.9. The van der Waals surface area contributed by atoms with Crippen LogP contribution in [0.2, 0.25) is 0 Å². The van der Waals surface area contributed by atoms with Crippen LogP contribution in [0.25, 0.3) is 0 Å². The molecule has 1 N–H and O–H groups in total. The number of benzene rings is 2. The normalized spacial score (nSPS) is 20.2. The highest BCUT2D eigenvalue weighted by Gasteiger charge is 2.25. The van der Waals surface area contributed by atoms with Gasteiger partial charge >= 0.3 is 0 Å². The highest BCUT2D eigenvalue weighted by Crippen LogP contribution is 2.36. The Morgan fingerprint density at radius 3 is 2.54 bits per heavy atom. The topological polar surface area (TPSA) is 47.6 Å². The van der Waals surface area contributed by atoms with Crippen molar-refractivity contribution in [3.63, 3.8) is 0 Å². The van der Waals surface area contributed by atoms with E-state index in [1.54, 1.807) is 0 Å². The summed E-state index contributed by atoms with van der Waals surface area (Å²) in [6, 6.07) is 16.3. The van der Waals surface area contributed by atoms with E-state index in [1.165, 1.54) is 12.8 Å². The number of hydrogen-bond donors (Lipinski definition) is 1. The first-order chi connectivity index (χ1) is 12.8. The molecule has 4 nitrogen and oxygen atoms in total. The minimum absolute atomic E-state index is 0.123. The van der Waals surface area contributed by atoms with Crippen molar-refractivity contribution < 1.29 is 14.3 Å². The van der Waals surface area contributed by atoms with Gasteiger partial charge in [-0.3, -0.25) is 4.79 Å². The minimum Gasteiger partial charge on any atom is -0.487 e. The molecule has 1 saturated carbocycles. The van der Waals surface area contributed by atoms with Gasteiger partial charge < -0.3 is 14.8 Å². The number of ether oxygens (including phenoxy) is 2. The lowest BCUT2D eigenvalue weighted by atomic mass is 9.98. The SMILES string of the molecule is O=C1CC(c2ccc(OCc3ccccc3)c(OC3CCCC3)c2)CN1. The van der Waals surface area contributed by atoms with Crippen LogP contribution in [0, 0.1) is 0 Å². The van der Waals surface area contributed by atoms with Gasteiger partial charge in [0, 0.05) is 18.9 Å². The van der Waals surface area contributed by atoms with Crippen molar-refractivity contribution in [2.24, 2.45) is 0 Å². The molecule has 2 fully saturated rings. The van der Waals surface area contributed by atoms with E-state index < -0.39 is 0 Å². The Hall–Kier alpha value is -2.49. The molecule has 1 atom stereocenters. The minimum atomic E-state index is 0.123.